The van der Waals surface area contributed by atoms with Crippen LogP contribution in [0.25, 0.3) is 70.9 Å². The average molecular weight is 477 g/mol. The van der Waals surface area contributed by atoms with E-state index in [-0.39, 0.29) is 29.7 Å². The number of rotatable bonds is 3. The number of furan rings is 1. The Bertz CT molecular complexity index is 2190. The highest BCUT2D eigenvalue weighted by molar-refractivity contribution is 6.25. The fraction of sp³-hybridized carbons (Fsp3) is 0. The molecule has 7 rings (SSSR count). The van der Waals surface area contributed by atoms with Crippen molar-refractivity contribution in [1.29, 1.82) is 0 Å². The van der Waals surface area contributed by atoms with Crippen LogP contribution in [0.15, 0.2) is 132 Å². The smallest absolute Gasteiger partial charge is 0.198 e. The van der Waals surface area contributed by atoms with Crippen molar-refractivity contribution in [2.24, 2.45) is 0 Å². The Morgan fingerprint density at radius 2 is 1.11 bits per heavy atom. The Balaban J connectivity index is 1.71. The zero-order chi connectivity index (χ0) is 29.1. The van der Waals surface area contributed by atoms with Gasteiger partial charge in [-0.1, -0.05) is 121 Å². The summed E-state index contributed by atoms with van der Waals surface area (Å²) in [5.74, 6) is 0.577. The van der Waals surface area contributed by atoms with Crippen molar-refractivity contribution in [3.8, 4) is 33.6 Å². The molecule has 37 heavy (non-hydrogen) atoms. The summed E-state index contributed by atoms with van der Waals surface area (Å²) in [5, 5.41) is 4.06. The van der Waals surface area contributed by atoms with Gasteiger partial charge in [-0.05, 0) is 38.7 Å². The molecule has 0 saturated carbocycles. The summed E-state index contributed by atoms with van der Waals surface area (Å²) in [6.07, 6.45) is 0. The topological polar surface area (TPSA) is 17.5 Å². The van der Waals surface area contributed by atoms with Gasteiger partial charge in [0.15, 0.2) is 5.69 Å². The summed E-state index contributed by atoms with van der Waals surface area (Å²) in [4.78, 5) is 3.77. The summed E-state index contributed by atoms with van der Waals surface area (Å²) in [5.41, 5.74) is 4.31. The van der Waals surface area contributed by atoms with Crippen molar-refractivity contribution in [2.45, 2.75) is 0 Å². The molecule has 0 bridgehead atoms. The molecule has 172 valence electrons. The molecule has 6 aromatic carbocycles. The van der Waals surface area contributed by atoms with Gasteiger partial charge in [0.2, 0.25) is 0 Å². The van der Waals surface area contributed by atoms with Crippen LogP contribution in [0, 0.1) is 6.57 Å². The molecule has 0 unspecified atom stereocenters. The van der Waals surface area contributed by atoms with E-state index in [0.717, 1.165) is 38.1 Å². The maximum Gasteiger partial charge on any atom is 0.198 e. The van der Waals surface area contributed by atoms with Crippen LogP contribution in [-0.2, 0) is 0 Å². The van der Waals surface area contributed by atoms with Crippen LogP contribution in [0.2, 0.25) is 0 Å². The second kappa shape index (κ2) is 8.52. The van der Waals surface area contributed by atoms with E-state index in [2.05, 4.69) is 4.85 Å². The quantitative estimate of drug-likeness (QED) is 0.183. The number of fused-ring (bicyclic) bond motifs is 3. The van der Waals surface area contributed by atoms with E-state index in [0.29, 0.717) is 28.2 Å². The second-order valence-electron chi connectivity index (χ2n) is 8.77. The molecular formula is C35H21NO. The molecule has 0 N–H and O–H groups in total. The summed E-state index contributed by atoms with van der Waals surface area (Å²) in [6, 6.07) is 29.0. The molecule has 1 aromatic heterocycles. The van der Waals surface area contributed by atoms with E-state index >= 15 is 0 Å². The molecule has 1 heterocycles. The Hall–Kier alpha value is -5.13. The van der Waals surface area contributed by atoms with Crippen LogP contribution in [0.5, 0.6) is 0 Å². The Morgan fingerprint density at radius 3 is 1.76 bits per heavy atom. The molecule has 0 atom stereocenters. The minimum atomic E-state index is -0.424. The Morgan fingerprint density at radius 1 is 0.568 bits per heavy atom. The predicted molar refractivity (Wildman–Crippen MR) is 154 cm³/mol. The van der Waals surface area contributed by atoms with Gasteiger partial charge in [-0.25, -0.2) is 4.85 Å². The summed E-state index contributed by atoms with van der Waals surface area (Å²) in [7, 11) is 0. The highest BCUT2D eigenvalue weighted by atomic mass is 16.3. The molecule has 7 aromatic rings. The van der Waals surface area contributed by atoms with Crippen molar-refractivity contribution in [1.82, 2.24) is 0 Å². The van der Waals surface area contributed by atoms with E-state index < -0.39 is 6.04 Å². The first-order valence-electron chi connectivity index (χ1n) is 14.4. The van der Waals surface area contributed by atoms with Crippen LogP contribution in [-0.4, -0.2) is 0 Å². The third kappa shape index (κ3) is 3.26. The molecule has 2 heteroatoms. The molecule has 0 aliphatic heterocycles. The van der Waals surface area contributed by atoms with Gasteiger partial charge in [0.1, 0.15) is 11.3 Å². The molecule has 0 aliphatic rings. The van der Waals surface area contributed by atoms with Crippen LogP contribution in [0.3, 0.4) is 0 Å². The van der Waals surface area contributed by atoms with Crippen LogP contribution in [0.1, 0.15) is 6.85 Å². The van der Waals surface area contributed by atoms with Crippen molar-refractivity contribution in [2.75, 3.05) is 0 Å². The molecule has 0 amide bonds. The predicted octanol–water partition coefficient (Wildman–Crippen LogP) is 10.3. The number of nitrogens with zero attached hydrogens (tertiary/aromatic N) is 1. The van der Waals surface area contributed by atoms with Gasteiger partial charge in [0.05, 0.1) is 13.4 Å². The molecule has 2 nitrogen and oxygen atoms in total. The monoisotopic (exact) mass is 476 g/mol. The highest BCUT2D eigenvalue weighted by Crippen LogP contribution is 2.50. The SMILES string of the molecule is [2H]c1c([2H])c([2H])c(-c2c3ccccc3c(-c3c(-c4ccccc4[N+]#[C-])oc4ccccc34)c3ccccc23)c([2H])c1[2H]. The lowest BCUT2D eigenvalue weighted by atomic mass is 9.84. The molecule has 0 radical (unpaired) electrons. The number of para-hydroxylation sites is 2. The lowest BCUT2D eigenvalue weighted by molar-refractivity contribution is 0.633. The van der Waals surface area contributed by atoms with Gasteiger partial charge in [-0.3, -0.25) is 0 Å². The zero-order valence-corrected chi connectivity index (χ0v) is 19.6. The Kier molecular flexibility index (Phi) is 3.80. The molecule has 0 aliphatic carbocycles. The summed E-state index contributed by atoms with van der Waals surface area (Å²) in [6.45, 7) is 7.82. The minimum Gasteiger partial charge on any atom is -0.457 e. The number of hydrogen-bond acceptors (Lipinski definition) is 1. The maximum absolute atomic E-state index is 8.80. The molecule has 0 saturated heterocycles. The summed E-state index contributed by atoms with van der Waals surface area (Å²) < 4.78 is 49.0. The largest absolute Gasteiger partial charge is 0.457 e. The van der Waals surface area contributed by atoms with E-state index in [1.165, 1.54) is 0 Å². The van der Waals surface area contributed by atoms with E-state index in [9.17, 15) is 0 Å². The van der Waals surface area contributed by atoms with Crippen LogP contribution >= 0.6 is 0 Å². The molecule has 0 spiro atoms. The van der Waals surface area contributed by atoms with E-state index in [4.69, 9.17) is 17.8 Å². The number of hydrogen-bond donors (Lipinski definition) is 0. The minimum absolute atomic E-state index is 0.163. The van der Waals surface area contributed by atoms with Crippen molar-refractivity contribution < 1.29 is 11.3 Å². The Labute approximate surface area is 221 Å². The van der Waals surface area contributed by atoms with Gasteiger partial charge in [-0.2, -0.15) is 0 Å². The first-order chi connectivity index (χ1) is 20.4. The van der Waals surface area contributed by atoms with E-state index in [1.807, 2.05) is 91.0 Å². The molecular weight excluding hydrogens is 450 g/mol. The highest BCUT2D eigenvalue weighted by Gasteiger charge is 2.24. The standard InChI is InChI=1S/C35H21NO/c1-36-30-21-11-9-19-28(30)35-34(29-20-10-12-22-31(29)37-35)33-26-17-7-5-15-24(26)32(23-13-3-2-4-14-23)25-16-6-8-18-27(25)33/h2-22H/i2D,3D,4D,13D,14D. The summed E-state index contributed by atoms with van der Waals surface area (Å²) >= 11 is 0. The third-order valence-electron chi connectivity index (χ3n) is 6.80. The fourth-order valence-electron chi connectivity index (χ4n) is 5.29. The van der Waals surface area contributed by atoms with Gasteiger partial charge in [0.25, 0.3) is 0 Å². The van der Waals surface area contributed by atoms with Crippen molar-refractivity contribution >= 4 is 38.2 Å². The van der Waals surface area contributed by atoms with Gasteiger partial charge in [-0.15, -0.1) is 0 Å². The lowest BCUT2D eigenvalue weighted by Gasteiger charge is -2.18. The fourth-order valence-corrected chi connectivity index (χ4v) is 5.29. The average Bonchev–Trinajstić information content (AvgIpc) is 3.41. The first kappa shape index (κ1) is 16.5. The van der Waals surface area contributed by atoms with Crippen LogP contribution < -0.4 is 0 Å². The zero-order valence-electron chi connectivity index (χ0n) is 24.6. The van der Waals surface area contributed by atoms with Gasteiger partial charge in [0, 0.05) is 22.1 Å². The van der Waals surface area contributed by atoms with Gasteiger partial charge >= 0.3 is 0 Å². The van der Waals surface area contributed by atoms with E-state index in [1.54, 1.807) is 6.07 Å². The normalized spacial score (nSPS) is 13.1. The van der Waals surface area contributed by atoms with Gasteiger partial charge < -0.3 is 4.42 Å². The second-order valence-corrected chi connectivity index (χ2v) is 8.77. The van der Waals surface area contributed by atoms with Crippen molar-refractivity contribution in [3.63, 3.8) is 0 Å². The first-order valence-corrected chi connectivity index (χ1v) is 11.9. The number of benzene rings is 6. The molecule has 0 fully saturated rings. The van der Waals surface area contributed by atoms with Crippen LogP contribution in [0.4, 0.5) is 5.69 Å². The van der Waals surface area contributed by atoms with Crippen molar-refractivity contribution in [3.05, 3.63) is 139 Å². The third-order valence-corrected chi connectivity index (χ3v) is 6.80. The lowest BCUT2D eigenvalue weighted by Crippen LogP contribution is -1.91. The maximum atomic E-state index is 8.80.